The maximum Gasteiger partial charge on any atom is 0.0875 e. The summed E-state index contributed by atoms with van der Waals surface area (Å²) < 4.78 is 6.46. The number of allylic oxidation sites excluding steroid dienone is 1. The summed E-state index contributed by atoms with van der Waals surface area (Å²) in [5.41, 5.74) is 2.47. The van der Waals surface area contributed by atoms with Gasteiger partial charge in [0.2, 0.25) is 0 Å². The number of rotatable bonds is 6. The van der Waals surface area contributed by atoms with Crippen LogP contribution in [0.25, 0.3) is 0 Å². The largest absolute Gasteiger partial charge is 0.393 e. The van der Waals surface area contributed by atoms with Crippen LogP contribution in [0, 0.1) is 52.3 Å². The van der Waals surface area contributed by atoms with Crippen molar-refractivity contribution in [1.29, 1.82) is 0 Å². The number of fused-ring (bicyclic) bond motifs is 5. The van der Waals surface area contributed by atoms with Crippen molar-refractivity contribution in [2.24, 2.45) is 52.3 Å². The molecule has 5 rings (SSSR count). The molecular formula is C30H50O2. The molecule has 2 heteroatoms. The molecule has 1 saturated heterocycles. The fraction of sp³-hybridized carbons (Fsp3) is 0.933. The summed E-state index contributed by atoms with van der Waals surface area (Å²) in [5, 5.41) is 10.3. The molecule has 11 atom stereocenters. The smallest absolute Gasteiger partial charge is 0.0875 e. The van der Waals surface area contributed by atoms with E-state index in [2.05, 4.69) is 47.6 Å². The van der Waals surface area contributed by atoms with Gasteiger partial charge in [0.15, 0.2) is 0 Å². The third-order valence-corrected chi connectivity index (χ3v) is 11.8. The summed E-state index contributed by atoms with van der Waals surface area (Å²) in [6.07, 6.45) is 16.2. The molecule has 0 aromatic heterocycles. The fourth-order valence-corrected chi connectivity index (χ4v) is 9.89. The van der Waals surface area contributed by atoms with Crippen LogP contribution in [0.3, 0.4) is 0 Å². The number of ether oxygens (including phenoxy) is 1. The van der Waals surface area contributed by atoms with Gasteiger partial charge in [0.05, 0.1) is 18.3 Å². The number of aliphatic hydroxyl groups excluding tert-OH is 1. The Labute approximate surface area is 198 Å². The zero-order valence-corrected chi connectivity index (χ0v) is 21.8. The van der Waals surface area contributed by atoms with Gasteiger partial charge in [-0.2, -0.15) is 0 Å². The standard InChI is InChI=1S/C30H50O2/c1-7-8-22(18(2)3)28-27(32-28)19(4)24-11-12-25-23-10-9-20-17-21(31)13-15-29(20,5)26(23)14-16-30(24,25)6/h9,18-19,21-28,31H,7-8,10-17H2,1-6H3/t19-,21-,22+,23?,24+,25?,26?,27+,28+,29-,30+/m0/s1. The minimum atomic E-state index is -0.0923. The van der Waals surface area contributed by atoms with Gasteiger partial charge in [-0.1, -0.05) is 59.6 Å². The van der Waals surface area contributed by atoms with Crippen LogP contribution in [0.4, 0.5) is 0 Å². The average Bonchev–Trinajstić information content (AvgIpc) is 3.45. The summed E-state index contributed by atoms with van der Waals surface area (Å²) in [5.74, 6) is 5.64. The number of hydrogen-bond donors (Lipinski definition) is 1. The van der Waals surface area contributed by atoms with Gasteiger partial charge in [-0.15, -0.1) is 0 Å². The highest BCUT2D eigenvalue weighted by Gasteiger charge is 2.61. The van der Waals surface area contributed by atoms with E-state index in [0.29, 0.717) is 29.0 Å². The van der Waals surface area contributed by atoms with E-state index in [1.54, 1.807) is 5.57 Å². The predicted octanol–water partition coefficient (Wildman–Crippen LogP) is 7.40. The van der Waals surface area contributed by atoms with Gasteiger partial charge in [-0.05, 0) is 110 Å². The van der Waals surface area contributed by atoms with Crippen molar-refractivity contribution in [2.75, 3.05) is 0 Å². The summed E-state index contributed by atoms with van der Waals surface area (Å²) in [6.45, 7) is 14.9. The Morgan fingerprint density at radius 1 is 1.03 bits per heavy atom. The molecule has 3 saturated carbocycles. The first-order valence-corrected chi connectivity index (χ1v) is 14.2. The van der Waals surface area contributed by atoms with Gasteiger partial charge in [0.25, 0.3) is 0 Å². The lowest BCUT2D eigenvalue weighted by Gasteiger charge is -2.58. The molecule has 4 aliphatic carbocycles. The van der Waals surface area contributed by atoms with Crippen LogP contribution < -0.4 is 0 Å². The first-order valence-electron chi connectivity index (χ1n) is 14.2. The highest BCUT2D eigenvalue weighted by atomic mass is 16.6. The fourth-order valence-electron chi connectivity index (χ4n) is 9.89. The Hall–Kier alpha value is -0.340. The van der Waals surface area contributed by atoms with Crippen LogP contribution in [0.2, 0.25) is 0 Å². The topological polar surface area (TPSA) is 32.8 Å². The SMILES string of the molecule is CCC[C@H](C(C)C)[C@H]1O[C@@H]1[C@@H](C)[C@H]1CCC2C3CC=C4C[C@@H](O)CC[C@]4(C)C3CC[C@@]21C. The van der Waals surface area contributed by atoms with Crippen molar-refractivity contribution in [3.63, 3.8) is 0 Å². The number of epoxide rings is 1. The maximum atomic E-state index is 10.3. The zero-order valence-electron chi connectivity index (χ0n) is 21.8. The third kappa shape index (κ3) is 3.57. The minimum absolute atomic E-state index is 0.0923. The highest BCUT2D eigenvalue weighted by Crippen LogP contribution is 2.68. The second-order valence-electron chi connectivity index (χ2n) is 13.5. The first kappa shape index (κ1) is 23.4. The molecule has 0 amide bonds. The molecule has 0 radical (unpaired) electrons. The Morgan fingerprint density at radius 2 is 1.81 bits per heavy atom. The second-order valence-corrected chi connectivity index (χ2v) is 13.5. The summed E-state index contributed by atoms with van der Waals surface area (Å²) >= 11 is 0. The van der Waals surface area contributed by atoms with Crippen LogP contribution in [-0.4, -0.2) is 23.4 Å². The van der Waals surface area contributed by atoms with Crippen molar-refractivity contribution in [2.45, 2.75) is 124 Å². The van der Waals surface area contributed by atoms with Gasteiger partial charge in [-0.3, -0.25) is 0 Å². The number of hydrogen-bond acceptors (Lipinski definition) is 2. The Bertz CT molecular complexity index is 726. The molecular weight excluding hydrogens is 392 g/mol. The molecule has 5 aliphatic rings. The normalized spacial score (nSPS) is 49.6. The van der Waals surface area contributed by atoms with Crippen molar-refractivity contribution in [1.82, 2.24) is 0 Å². The van der Waals surface area contributed by atoms with Crippen molar-refractivity contribution in [3.05, 3.63) is 11.6 Å². The Kier molecular flexibility index (Phi) is 6.14. The summed E-state index contributed by atoms with van der Waals surface area (Å²) in [7, 11) is 0. The van der Waals surface area contributed by atoms with Gasteiger partial charge >= 0.3 is 0 Å². The van der Waals surface area contributed by atoms with Crippen LogP contribution >= 0.6 is 0 Å². The number of aliphatic hydroxyl groups is 1. The van der Waals surface area contributed by atoms with Crippen LogP contribution in [0.15, 0.2) is 11.6 Å². The van der Waals surface area contributed by atoms with Gasteiger partial charge in [0.1, 0.15) is 0 Å². The van der Waals surface area contributed by atoms with Crippen molar-refractivity contribution >= 4 is 0 Å². The lowest BCUT2D eigenvalue weighted by molar-refractivity contribution is -0.0582. The average molecular weight is 443 g/mol. The van der Waals surface area contributed by atoms with E-state index in [9.17, 15) is 5.11 Å². The maximum absolute atomic E-state index is 10.3. The highest BCUT2D eigenvalue weighted by molar-refractivity contribution is 5.25. The van der Waals surface area contributed by atoms with E-state index in [-0.39, 0.29) is 6.10 Å². The Morgan fingerprint density at radius 3 is 2.53 bits per heavy atom. The molecule has 3 unspecified atom stereocenters. The lowest BCUT2D eigenvalue weighted by Crippen LogP contribution is -2.51. The molecule has 0 bridgehead atoms. The first-order chi connectivity index (χ1) is 15.2. The van der Waals surface area contributed by atoms with Crippen molar-refractivity contribution in [3.8, 4) is 0 Å². The third-order valence-electron chi connectivity index (χ3n) is 11.8. The van der Waals surface area contributed by atoms with E-state index in [4.69, 9.17) is 4.74 Å². The molecule has 2 nitrogen and oxygen atoms in total. The van der Waals surface area contributed by atoms with E-state index in [1.165, 1.54) is 51.4 Å². The van der Waals surface area contributed by atoms with Gasteiger partial charge in [0, 0.05) is 0 Å². The Balaban J connectivity index is 1.31. The molecule has 0 aromatic carbocycles. The molecule has 182 valence electrons. The van der Waals surface area contributed by atoms with Crippen LogP contribution in [-0.2, 0) is 4.74 Å². The minimum Gasteiger partial charge on any atom is -0.393 e. The van der Waals surface area contributed by atoms with E-state index >= 15 is 0 Å². The predicted molar refractivity (Wildman–Crippen MR) is 132 cm³/mol. The van der Waals surface area contributed by atoms with E-state index in [1.807, 2.05) is 0 Å². The quantitative estimate of drug-likeness (QED) is 0.343. The monoisotopic (exact) mass is 442 g/mol. The summed E-state index contributed by atoms with van der Waals surface area (Å²) in [6, 6.07) is 0. The van der Waals surface area contributed by atoms with Crippen LogP contribution in [0.5, 0.6) is 0 Å². The molecule has 32 heavy (non-hydrogen) atoms. The molecule has 1 aliphatic heterocycles. The zero-order chi connectivity index (χ0) is 22.8. The van der Waals surface area contributed by atoms with Crippen molar-refractivity contribution < 1.29 is 9.84 Å². The molecule has 4 fully saturated rings. The molecule has 0 aromatic rings. The molecule has 0 spiro atoms. The van der Waals surface area contributed by atoms with Gasteiger partial charge < -0.3 is 9.84 Å². The molecule has 1 N–H and O–H groups in total. The second kappa shape index (κ2) is 8.40. The summed E-state index contributed by atoms with van der Waals surface area (Å²) in [4.78, 5) is 0. The van der Waals surface area contributed by atoms with Gasteiger partial charge in [-0.25, -0.2) is 0 Å². The molecule has 1 heterocycles. The van der Waals surface area contributed by atoms with E-state index < -0.39 is 0 Å². The van der Waals surface area contributed by atoms with Crippen LogP contribution in [0.1, 0.15) is 106 Å². The van der Waals surface area contributed by atoms with E-state index in [0.717, 1.165) is 48.3 Å². The lowest BCUT2D eigenvalue weighted by atomic mass is 9.47.